The molecule has 0 amide bonds. The van der Waals surface area contributed by atoms with Gasteiger partial charge in [0.25, 0.3) is 0 Å². The third kappa shape index (κ3) is 5.73. The van der Waals surface area contributed by atoms with Crippen molar-refractivity contribution in [2.75, 3.05) is 6.54 Å². The number of benzene rings is 2. The molecule has 112 valence electrons. The van der Waals surface area contributed by atoms with Gasteiger partial charge in [-0.2, -0.15) is 0 Å². The fourth-order valence-electron chi connectivity index (χ4n) is 2.73. The second kappa shape index (κ2) is 8.63. The minimum Gasteiger partial charge on any atom is -0.314 e. The smallest absolute Gasteiger partial charge is 0.0111 e. The fraction of sp³-hybridized carbons (Fsp3) is 0.400. The van der Waals surface area contributed by atoms with E-state index in [-0.39, 0.29) is 0 Å². The fourth-order valence-corrected chi connectivity index (χ4v) is 2.73. The van der Waals surface area contributed by atoms with Gasteiger partial charge in [0.2, 0.25) is 0 Å². The highest BCUT2D eigenvalue weighted by Crippen LogP contribution is 2.11. The maximum atomic E-state index is 3.70. The minimum absolute atomic E-state index is 0.563. The Labute approximate surface area is 129 Å². The van der Waals surface area contributed by atoms with E-state index in [1.54, 1.807) is 0 Å². The molecule has 0 aliphatic carbocycles. The zero-order chi connectivity index (χ0) is 14.9. The molecule has 1 nitrogen and oxygen atoms in total. The van der Waals surface area contributed by atoms with E-state index in [9.17, 15) is 0 Å². The maximum Gasteiger partial charge on any atom is 0.0111 e. The van der Waals surface area contributed by atoms with Crippen LogP contribution in [0.15, 0.2) is 54.6 Å². The third-order valence-corrected chi connectivity index (χ3v) is 3.87. The summed E-state index contributed by atoms with van der Waals surface area (Å²) in [5, 5.41) is 3.70. The van der Waals surface area contributed by atoms with Gasteiger partial charge in [0.05, 0.1) is 0 Å². The van der Waals surface area contributed by atoms with Gasteiger partial charge < -0.3 is 5.32 Å². The number of rotatable bonds is 8. The number of hydrogen-bond acceptors (Lipinski definition) is 1. The average molecular weight is 281 g/mol. The first kappa shape index (κ1) is 15.8. The molecular formula is C20H27N. The monoisotopic (exact) mass is 281 g/mol. The van der Waals surface area contributed by atoms with Gasteiger partial charge in [-0.05, 0) is 50.3 Å². The molecule has 0 bridgehead atoms. The molecule has 0 fully saturated rings. The minimum atomic E-state index is 0.563. The molecule has 2 rings (SSSR count). The van der Waals surface area contributed by atoms with Crippen LogP contribution in [0.5, 0.6) is 0 Å². The van der Waals surface area contributed by atoms with Crippen LogP contribution in [0.2, 0.25) is 0 Å². The van der Waals surface area contributed by atoms with Gasteiger partial charge in [-0.1, -0.05) is 67.1 Å². The zero-order valence-electron chi connectivity index (χ0n) is 13.3. The van der Waals surface area contributed by atoms with Crippen molar-refractivity contribution in [3.05, 3.63) is 71.3 Å². The maximum absolute atomic E-state index is 3.70. The third-order valence-electron chi connectivity index (χ3n) is 3.87. The van der Waals surface area contributed by atoms with Gasteiger partial charge in [-0.3, -0.25) is 0 Å². The van der Waals surface area contributed by atoms with Crippen molar-refractivity contribution in [1.82, 2.24) is 5.32 Å². The Morgan fingerprint density at radius 2 is 1.71 bits per heavy atom. The van der Waals surface area contributed by atoms with Crippen LogP contribution in [0, 0.1) is 6.92 Å². The second-order valence-corrected chi connectivity index (χ2v) is 5.87. The second-order valence-electron chi connectivity index (χ2n) is 5.87. The molecule has 1 heteroatoms. The van der Waals surface area contributed by atoms with Gasteiger partial charge >= 0.3 is 0 Å². The molecule has 2 aromatic rings. The van der Waals surface area contributed by atoms with Crippen molar-refractivity contribution in [2.45, 2.75) is 45.6 Å². The standard InChI is InChI=1S/C20H27N/c1-3-14-21-20(16-18-9-5-4-6-10-18)13-12-19-11-7-8-17(2)15-19/h4-11,15,20-21H,3,12-14,16H2,1-2H3. The molecule has 1 unspecified atom stereocenters. The van der Waals surface area contributed by atoms with Crippen LogP contribution in [0.25, 0.3) is 0 Å². The molecule has 21 heavy (non-hydrogen) atoms. The largest absolute Gasteiger partial charge is 0.314 e. The van der Waals surface area contributed by atoms with Crippen LogP contribution in [-0.2, 0) is 12.8 Å². The van der Waals surface area contributed by atoms with Crippen LogP contribution < -0.4 is 5.32 Å². The SMILES string of the molecule is CCCNC(CCc1cccc(C)c1)Cc1ccccc1. The molecule has 0 radical (unpaired) electrons. The summed E-state index contributed by atoms with van der Waals surface area (Å²) in [5.41, 5.74) is 4.23. The molecule has 0 aliphatic rings. The summed E-state index contributed by atoms with van der Waals surface area (Å²) in [6.07, 6.45) is 4.65. The van der Waals surface area contributed by atoms with Crippen LogP contribution in [-0.4, -0.2) is 12.6 Å². The van der Waals surface area contributed by atoms with E-state index in [4.69, 9.17) is 0 Å². The summed E-state index contributed by atoms with van der Waals surface area (Å²) in [6, 6.07) is 20.3. The average Bonchev–Trinajstić information content (AvgIpc) is 2.51. The Morgan fingerprint density at radius 3 is 2.43 bits per heavy atom. The predicted octanol–water partition coefficient (Wildman–Crippen LogP) is 4.54. The molecule has 0 saturated heterocycles. The lowest BCUT2D eigenvalue weighted by molar-refractivity contribution is 0.477. The number of nitrogens with one attached hydrogen (secondary N) is 1. The summed E-state index contributed by atoms with van der Waals surface area (Å²) in [6.45, 7) is 5.50. The summed E-state index contributed by atoms with van der Waals surface area (Å²) >= 11 is 0. The Hall–Kier alpha value is -1.60. The first-order valence-electron chi connectivity index (χ1n) is 8.10. The van der Waals surface area contributed by atoms with Crippen molar-refractivity contribution < 1.29 is 0 Å². The number of aryl methyl sites for hydroxylation is 2. The zero-order valence-corrected chi connectivity index (χ0v) is 13.3. The van der Waals surface area contributed by atoms with E-state index in [0.717, 1.165) is 19.4 Å². The van der Waals surface area contributed by atoms with Gasteiger partial charge in [-0.25, -0.2) is 0 Å². The summed E-state index contributed by atoms with van der Waals surface area (Å²) in [4.78, 5) is 0. The van der Waals surface area contributed by atoms with Crippen molar-refractivity contribution >= 4 is 0 Å². The molecule has 0 aliphatic heterocycles. The van der Waals surface area contributed by atoms with Crippen LogP contribution in [0.4, 0.5) is 0 Å². The lowest BCUT2D eigenvalue weighted by Crippen LogP contribution is -2.32. The topological polar surface area (TPSA) is 12.0 Å². The first-order chi connectivity index (χ1) is 10.3. The van der Waals surface area contributed by atoms with E-state index < -0.39 is 0 Å². The summed E-state index contributed by atoms with van der Waals surface area (Å²) in [7, 11) is 0. The highest BCUT2D eigenvalue weighted by atomic mass is 14.9. The first-order valence-corrected chi connectivity index (χ1v) is 8.10. The van der Waals surface area contributed by atoms with Gasteiger partial charge in [0.1, 0.15) is 0 Å². The molecular weight excluding hydrogens is 254 g/mol. The molecule has 0 saturated carbocycles. The van der Waals surface area contributed by atoms with Crippen molar-refractivity contribution in [1.29, 1.82) is 0 Å². The van der Waals surface area contributed by atoms with Crippen LogP contribution in [0.1, 0.15) is 36.5 Å². The molecule has 1 N–H and O–H groups in total. The van der Waals surface area contributed by atoms with Crippen molar-refractivity contribution in [3.63, 3.8) is 0 Å². The van der Waals surface area contributed by atoms with Crippen LogP contribution >= 0.6 is 0 Å². The Kier molecular flexibility index (Phi) is 6.49. The molecule has 0 heterocycles. The molecule has 1 atom stereocenters. The Bertz CT molecular complexity index is 518. The lowest BCUT2D eigenvalue weighted by Gasteiger charge is -2.19. The van der Waals surface area contributed by atoms with Crippen LogP contribution in [0.3, 0.4) is 0 Å². The molecule has 0 spiro atoms. The highest BCUT2D eigenvalue weighted by Gasteiger charge is 2.09. The van der Waals surface area contributed by atoms with E-state index >= 15 is 0 Å². The van der Waals surface area contributed by atoms with E-state index in [2.05, 4.69) is 73.8 Å². The summed E-state index contributed by atoms with van der Waals surface area (Å²) < 4.78 is 0. The lowest BCUT2D eigenvalue weighted by atomic mass is 9.98. The quantitative estimate of drug-likeness (QED) is 0.749. The van der Waals surface area contributed by atoms with Crippen molar-refractivity contribution in [3.8, 4) is 0 Å². The molecule has 0 aromatic heterocycles. The normalized spacial score (nSPS) is 12.3. The summed E-state index contributed by atoms with van der Waals surface area (Å²) in [5.74, 6) is 0. The highest BCUT2D eigenvalue weighted by molar-refractivity contribution is 5.22. The van der Waals surface area contributed by atoms with Gasteiger partial charge in [0.15, 0.2) is 0 Å². The number of hydrogen-bond donors (Lipinski definition) is 1. The van der Waals surface area contributed by atoms with Gasteiger partial charge in [0, 0.05) is 6.04 Å². The molecule has 2 aromatic carbocycles. The van der Waals surface area contributed by atoms with E-state index in [1.807, 2.05) is 0 Å². The Morgan fingerprint density at radius 1 is 0.952 bits per heavy atom. The predicted molar refractivity (Wildman–Crippen MR) is 91.7 cm³/mol. The van der Waals surface area contributed by atoms with E-state index in [1.165, 1.54) is 29.5 Å². The van der Waals surface area contributed by atoms with Gasteiger partial charge in [-0.15, -0.1) is 0 Å². The van der Waals surface area contributed by atoms with Crippen molar-refractivity contribution in [2.24, 2.45) is 0 Å². The Balaban J connectivity index is 1.92. The van der Waals surface area contributed by atoms with E-state index in [0.29, 0.717) is 6.04 Å².